The lowest BCUT2D eigenvalue weighted by atomic mass is 9.84. The SMILES string of the molecule is COC1CCCC(c2nc3ccc(-c4ccc(OCCCN5CCCC5)cc4)cc3c3[nH]c(=O)n(C)c23)C1. The molecule has 200 valence electrons. The van der Waals surface area contributed by atoms with E-state index in [2.05, 4.69) is 40.2 Å². The quantitative estimate of drug-likeness (QED) is 0.309. The number of hydrogen-bond acceptors (Lipinski definition) is 5. The van der Waals surface area contributed by atoms with Gasteiger partial charge in [0.1, 0.15) is 5.75 Å². The highest BCUT2D eigenvalue weighted by atomic mass is 16.5. The summed E-state index contributed by atoms with van der Waals surface area (Å²) < 4.78 is 13.4. The minimum Gasteiger partial charge on any atom is -0.494 e. The molecule has 2 aromatic carbocycles. The summed E-state index contributed by atoms with van der Waals surface area (Å²) in [5.41, 5.74) is 5.81. The second-order valence-electron chi connectivity index (χ2n) is 10.9. The van der Waals surface area contributed by atoms with Gasteiger partial charge in [0.2, 0.25) is 0 Å². The molecule has 2 aliphatic rings. The van der Waals surface area contributed by atoms with E-state index in [1.165, 1.54) is 25.9 Å². The van der Waals surface area contributed by atoms with Gasteiger partial charge in [-0.1, -0.05) is 24.6 Å². The van der Waals surface area contributed by atoms with Gasteiger partial charge in [-0.05, 0) is 87.0 Å². The van der Waals surface area contributed by atoms with E-state index in [1.54, 1.807) is 11.7 Å². The van der Waals surface area contributed by atoms with Crippen LogP contribution in [-0.4, -0.2) is 58.9 Å². The average Bonchev–Trinajstić information content (AvgIpc) is 3.59. The number of methoxy groups -OCH3 is 1. The predicted molar refractivity (Wildman–Crippen MR) is 152 cm³/mol. The van der Waals surface area contributed by atoms with Crippen LogP contribution < -0.4 is 10.4 Å². The summed E-state index contributed by atoms with van der Waals surface area (Å²) >= 11 is 0. The molecule has 38 heavy (non-hydrogen) atoms. The number of nitrogens with one attached hydrogen (secondary N) is 1. The van der Waals surface area contributed by atoms with Crippen LogP contribution >= 0.6 is 0 Å². The van der Waals surface area contributed by atoms with Crippen molar-refractivity contribution >= 4 is 21.9 Å². The maximum Gasteiger partial charge on any atom is 0.326 e. The van der Waals surface area contributed by atoms with Crippen LogP contribution in [0.25, 0.3) is 33.1 Å². The maximum absolute atomic E-state index is 12.8. The lowest BCUT2D eigenvalue weighted by Crippen LogP contribution is -2.22. The number of aryl methyl sites for hydroxylation is 1. The Morgan fingerprint density at radius 2 is 1.82 bits per heavy atom. The molecule has 1 N–H and O–H groups in total. The van der Waals surface area contributed by atoms with Gasteiger partial charge in [-0.3, -0.25) is 9.55 Å². The van der Waals surface area contributed by atoms with E-state index >= 15 is 0 Å². The molecule has 2 atom stereocenters. The summed E-state index contributed by atoms with van der Waals surface area (Å²) in [6.07, 6.45) is 8.16. The van der Waals surface area contributed by atoms with Crippen molar-refractivity contribution in [1.29, 1.82) is 0 Å². The smallest absolute Gasteiger partial charge is 0.326 e. The number of nitrogens with zero attached hydrogens (tertiary/aromatic N) is 3. The second kappa shape index (κ2) is 10.9. The van der Waals surface area contributed by atoms with Crippen molar-refractivity contribution in [2.45, 2.75) is 57.0 Å². The summed E-state index contributed by atoms with van der Waals surface area (Å²) in [6.45, 7) is 4.32. The largest absolute Gasteiger partial charge is 0.494 e. The molecule has 0 spiro atoms. The zero-order chi connectivity index (χ0) is 26.1. The van der Waals surface area contributed by atoms with Crippen molar-refractivity contribution in [3.63, 3.8) is 0 Å². The van der Waals surface area contributed by atoms with E-state index < -0.39 is 0 Å². The van der Waals surface area contributed by atoms with E-state index in [9.17, 15) is 4.79 Å². The zero-order valence-corrected chi connectivity index (χ0v) is 22.5. The van der Waals surface area contributed by atoms with Gasteiger partial charge in [0.05, 0.1) is 35.0 Å². The lowest BCUT2D eigenvalue weighted by Gasteiger charge is -2.28. The molecule has 2 aromatic heterocycles. The van der Waals surface area contributed by atoms with Gasteiger partial charge in [-0.2, -0.15) is 0 Å². The number of imidazole rings is 1. The summed E-state index contributed by atoms with van der Waals surface area (Å²) in [5, 5.41) is 0.972. The number of aromatic nitrogens is 3. The second-order valence-corrected chi connectivity index (χ2v) is 10.9. The number of ether oxygens (including phenoxy) is 2. The Bertz CT molecular complexity index is 1470. The molecule has 7 heteroatoms. The number of pyridine rings is 1. The highest BCUT2D eigenvalue weighted by Crippen LogP contribution is 2.38. The maximum atomic E-state index is 12.8. The molecule has 1 aliphatic heterocycles. The minimum absolute atomic E-state index is 0.105. The monoisotopic (exact) mass is 514 g/mol. The molecule has 0 bridgehead atoms. The highest BCUT2D eigenvalue weighted by Gasteiger charge is 2.28. The fourth-order valence-corrected chi connectivity index (χ4v) is 6.33. The fourth-order valence-electron chi connectivity index (χ4n) is 6.33. The Hall–Kier alpha value is -3.16. The number of aromatic amines is 1. The van der Waals surface area contributed by atoms with Gasteiger partial charge in [0.15, 0.2) is 0 Å². The normalized spacial score (nSPS) is 20.5. The van der Waals surface area contributed by atoms with E-state index in [-0.39, 0.29) is 17.7 Å². The van der Waals surface area contributed by atoms with E-state index in [4.69, 9.17) is 14.5 Å². The van der Waals surface area contributed by atoms with Crippen molar-refractivity contribution in [2.24, 2.45) is 7.05 Å². The number of hydrogen-bond donors (Lipinski definition) is 1. The van der Waals surface area contributed by atoms with Crippen LogP contribution in [0.1, 0.15) is 56.6 Å². The number of H-pyrrole nitrogens is 1. The Morgan fingerprint density at radius 3 is 2.61 bits per heavy atom. The van der Waals surface area contributed by atoms with Crippen LogP contribution in [0.4, 0.5) is 0 Å². The van der Waals surface area contributed by atoms with Crippen LogP contribution in [0.15, 0.2) is 47.3 Å². The van der Waals surface area contributed by atoms with Crippen LogP contribution in [0.2, 0.25) is 0 Å². The topological polar surface area (TPSA) is 72.4 Å². The number of fused-ring (bicyclic) bond motifs is 3. The lowest BCUT2D eigenvalue weighted by molar-refractivity contribution is 0.0632. The van der Waals surface area contributed by atoms with Gasteiger partial charge < -0.3 is 19.4 Å². The third-order valence-corrected chi connectivity index (χ3v) is 8.48. The molecule has 0 radical (unpaired) electrons. The molecular formula is C31H38N4O3. The van der Waals surface area contributed by atoms with Gasteiger partial charge in [-0.15, -0.1) is 0 Å². The number of benzene rings is 2. The molecular weight excluding hydrogens is 476 g/mol. The van der Waals surface area contributed by atoms with Gasteiger partial charge in [0.25, 0.3) is 0 Å². The minimum atomic E-state index is -0.105. The van der Waals surface area contributed by atoms with E-state index in [0.29, 0.717) is 0 Å². The van der Waals surface area contributed by atoms with Crippen molar-refractivity contribution < 1.29 is 9.47 Å². The Balaban J connectivity index is 1.26. The van der Waals surface area contributed by atoms with Gasteiger partial charge >= 0.3 is 5.69 Å². The molecule has 1 saturated heterocycles. The molecule has 1 saturated carbocycles. The van der Waals surface area contributed by atoms with E-state index in [1.807, 2.05) is 19.2 Å². The first-order chi connectivity index (χ1) is 18.6. The van der Waals surface area contributed by atoms with Crippen molar-refractivity contribution in [3.8, 4) is 16.9 Å². The Morgan fingerprint density at radius 1 is 1.03 bits per heavy atom. The first-order valence-corrected chi connectivity index (χ1v) is 14.1. The number of likely N-dealkylation sites (tertiary alicyclic amines) is 1. The third-order valence-electron chi connectivity index (χ3n) is 8.48. The van der Waals surface area contributed by atoms with E-state index in [0.717, 1.165) is 89.8 Å². The molecule has 3 heterocycles. The predicted octanol–water partition coefficient (Wildman–Crippen LogP) is 5.62. The van der Waals surface area contributed by atoms with Gasteiger partial charge in [-0.25, -0.2) is 4.79 Å². The first kappa shape index (κ1) is 25.1. The number of rotatable bonds is 8. The third kappa shape index (κ3) is 4.97. The average molecular weight is 515 g/mol. The molecule has 2 fully saturated rings. The van der Waals surface area contributed by atoms with Gasteiger partial charge in [0, 0.05) is 32.0 Å². The molecule has 0 amide bonds. The standard InChI is InChI=1S/C31H38N4O3/c1-34-30-28(23-7-5-8-25(19-23)37-2)32-27-14-11-22(20-26(27)29(30)33-31(34)36)21-9-12-24(13-10-21)38-18-6-17-35-15-3-4-16-35/h9-14,20,23,25H,3-8,15-19H2,1-2H3,(H,33,36). The first-order valence-electron chi connectivity index (χ1n) is 14.1. The van der Waals surface area contributed by atoms with Crippen LogP contribution in [0.3, 0.4) is 0 Å². The molecule has 7 nitrogen and oxygen atoms in total. The molecule has 1 aliphatic carbocycles. The summed E-state index contributed by atoms with van der Waals surface area (Å²) in [5.74, 6) is 1.18. The Kier molecular flexibility index (Phi) is 7.22. The molecule has 2 unspecified atom stereocenters. The fraction of sp³-hybridized carbons (Fsp3) is 0.484. The zero-order valence-electron chi connectivity index (χ0n) is 22.5. The Labute approximate surface area is 223 Å². The summed E-state index contributed by atoms with van der Waals surface area (Å²) in [7, 11) is 3.63. The van der Waals surface area contributed by atoms with Crippen LogP contribution in [0.5, 0.6) is 5.75 Å². The van der Waals surface area contributed by atoms with Crippen molar-refractivity contribution in [3.05, 3.63) is 58.6 Å². The van der Waals surface area contributed by atoms with Crippen LogP contribution in [0, 0.1) is 0 Å². The molecule has 6 rings (SSSR count). The van der Waals surface area contributed by atoms with Crippen molar-refractivity contribution in [1.82, 2.24) is 19.4 Å². The van der Waals surface area contributed by atoms with Crippen LogP contribution in [-0.2, 0) is 11.8 Å². The molecule has 4 aromatic rings. The summed E-state index contributed by atoms with van der Waals surface area (Å²) in [6, 6.07) is 14.7. The summed E-state index contributed by atoms with van der Waals surface area (Å²) in [4.78, 5) is 23.5. The van der Waals surface area contributed by atoms with Crippen molar-refractivity contribution in [2.75, 3.05) is 33.4 Å². The highest BCUT2D eigenvalue weighted by molar-refractivity contribution is 6.04.